The summed E-state index contributed by atoms with van der Waals surface area (Å²) >= 11 is 0. The number of fused-ring (bicyclic) bond motifs is 1. The van der Waals surface area contributed by atoms with Crippen molar-refractivity contribution >= 4 is 16.9 Å². The second-order valence-corrected chi connectivity index (χ2v) is 5.95. The Morgan fingerprint density at radius 1 is 1.00 bits per heavy atom. The summed E-state index contributed by atoms with van der Waals surface area (Å²) in [6.45, 7) is 5.64. The first-order valence-electron chi connectivity index (χ1n) is 8.06. The van der Waals surface area contributed by atoms with Gasteiger partial charge in [-0.25, -0.2) is 24.9 Å². The van der Waals surface area contributed by atoms with Gasteiger partial charge in [0.25, 0.3) is 0 Å². The molecule has 4 rings (SSSR count). The molecule has 0 aliphatic rings. The molecule has 0 radical (unpaired) electrons. The van der Waals surface area contributed by atoms with Gasteiger partial charge >= 0.3 is 0 Å². The number of nitrogens with one attached hydrogen (secondary N) is 1. The van der Waals surface area contributed by atoms with E-state index in [9.17, 15) is 0 Å². The maximum atomic E-state index is 5.21. The number of hydrogen-bond donors (Lipinski definition) is 1. The first-order chi connectivity index (χ1) is 12.6. The van der Waals surface area contributed by atoms with Crippen molar-refractivity contribution in [1.82, 2.24) is 35.1 Å². The second-order valence-electron chi connectivity index (χ2n) is 5.95. The highest BCUT2D eigenvalue weighted by Crippen LogP contribution is 2.25. The van der Waals surface area contributed by atoms with Crippen LogP contribution < -0.4 is 5.32 Å². The molecule has 130 valence electrons. The molecule has 0 saturated carbocycles. The van der Waals surface area contributed by atoms with E-state index in [0.29, 0.717) is 29.0 Å². The fraction of sp³-hybridized carbons (Fsp3) is 0.235. The van der Waals surface area contributed by atoms with Crippen LogP contribution in [0.5, 0.6) is 0 Å². The second kappa shape index (κ2) is 6.43. The van der Waals surface area contributed by atoms with E-state index >= 15 is 0 Å². The third-order valence-corrected chi connectivity index (χ3v) is 3.79. The molecule has 0 aliphatic heterocycles. The quantitative estimate of drug-likeness (QED) is 0.594. The summed E-state index contributed by atoms with van der Waals surface area (Å²) in [5, 5.41) is 7.85. The van der Waals surface area contributed by atoms with Crippen LogP contribution in [0.25, 0.3) is 22.4 Å². The number of aromatic nitrogens is 7. The molecule has 9 heteroatoms. The molecule has 4 aromatic rings. The van der Waals surface area contributed by atoms with Gasteiger partial charge in [-0.05, 0) is 32.4 Å². The number of pyridine rings is 1. The third kappa shape index (κ3) is 3.06. The normalized spacial score (nSPS) is 12.3. The van der Waals surface area contributed by atoms with Crippen molar-refractivity contribution in [1.29, 1.82) is 0 Å². The average Bonchev–Trinajstić information content (AvgIpc) is 3.09. The zero-order chi connectivity index (χ0) is 18.1. The van der Waals surface area contributed by atoms with Crippen LogP contribution in [0, 0.1) is 13.8 Å². The molecule has 26 heavy (non-hydrogen) atoms. The molecular weight excluding hydrogens is 332 g/mol. The number of anilines is 1. The van der Waals surface area contributed by atoms with Crippen molar-refractivity contribution in [3.63, 3.8) is 0 Å². The maximum absolute atomic E-state index is 5.21. The molecule has 0 aliphatic carbocycles. The van der Waals surface area contributed by atoms with Crippen LogP contribution in [-0.2, 0) is 0 Å². The summed E-state index contributed by atoms with van der Waals surface area (Å²) in [5.74, 6) is 2.29. The highest BCUT2D eigenvalue weighted by atomic mass is 16.5. The Kier molecular flexibility index (Phi) is 3.96. The molecule has 4 aromatic heterocycles. The molecule has 0 unspecified atom stereocenters. The fourth-order valence-electron chi connectivity index (χ4n) is 2.48. The Morgan fingerprint density at radius 3 is 2.54 bits per heavy atom. The van der Waals surface area contributed by atoms with Gasteiger partial charge in [-0.3, -0.25) is 0 Å². The predicted molar refractivity (Wildman–Crippen MR) is 94.2 cm³/mol. The van der Waals surface area contributed by atoms with Crippen LogP contribution in [-0.4, -0.2) is 35.1 Å². The van der Waals surface area contributed by atoms with Crippen molar-refractivity contribution in [2.45, 2.75) is 26.8 Å². The molecule has 4 heterocycles. The molecule has 1 atom stereocenters. The summed E-state index contributed by atoms with van der Waals surface area (Å²) < 4.78 is 5.21. The van der Waals surface area contributed by atoms with E-state index in [1.54, 1.807) is 25.5 Å². The largest absolute Gasteiger partial charge is 0.358 e. The third-order valence-electron chi connectivity index (χ3n) is 3.79. The molecule has 0 saturated heterocycles. The first-order valence-corrected chi connectivity index (χ1v) is 8.06. The minimum atomic E-state index is -0.214. The van der Waals surface area contributed by atoms with E-state index < -0.39 is 0 Å². The lowest BCUT2D eigenvalue weighted by Gasteiger charge is -2.12. The van der Waals surface area contributed by atoms with Gasteiger partial charge in [0.15, 0.2) is 17.3 Å². The van der Waals surface area contributed by atoms with Gasteiger partial charge in [-0.15, -0.1) is 0 Å². The molecule has 0 spiro atoms. The Labute approximate surface area is 149 Å². The Morgan fingerprint density at radius 2 is 1.81 bits per heavy atom. The van der Waals surface area contributed by atoms with Gasteiger partial charge in [-0.1, -0.05) is 5.16 Å². The number of nitrogens with zero attached hydrogens (tertiary/aromatic N) is 7. The van der Waals surface area contributed by atoms with Crippen LogP contribution in [0.3, 0.4) is 0 Å². The lowest BCUT2D eigenvalue weighted by atomic mass is 10.2. The van der Waals surface area contributed by atoms with Crippen molar-refractivity contribution in [3.8, 4) is 11.4 Å². The van der Waals surface area contributed by atoms with Crippen LogP contribution in [0.2, 0.25) is 0 Å². The number of rotatable bonds is 4. The minimum Gasteiger partial charge on any atom is -0.358 e. The molecule has 0 bridgehead atoms. The first kappa shape index (κ1) is 16.0. The smallest absolute Gasteiger partial charge is 0.248 e. The highest BCUT2D eigenvalue weighted by Gasteiger charge is 2.16. The Hall–Kier alpha value is -3.49. The van der Waals surface area contributed by atoms with Gasteiger partial charge in [-0.2, -0.15) is 4.98 Å². The van der Waals surface area contributed by atoms with Crippen molar-refractivity contribution in [3.05, 3.63) is 48.3 Å². The Balaban J connectivity index is 1.72. The molecule has 0 aromatic carbocycles. The highest BCUT2D eigenvalue weighted by molar-refractivity contribution is 5.89. The molecule has 1 N–H and O–H groups in total. The van der Waals surface area contributed by atoms with Crippen LogP contribution in [0.4, 0.5) is 5.82 Å². The van der Waals surface area contributed by atoms with Gasteiger partial charge in [0, 0.05) is 24.2 Å². The lowest BCUT2D eigenvalue weighted by molar-refractivity contribution is 0.364. The zero-order valence-electron chi connectivity index (χ0n) is 14.5. The van der Waals surface area contributed by atoms with Crippen LogP contribution in [0.15, 0.2) is 35.5 Å². The summed E-state index contributed by atoms with van der Waals surface area (Å²) in [6.07, 6.45) is 6.71. The minimum absolute atomic E-state index is 0.214. The topological polar surface area (TPSA) is 115 Å². The monoisotopic (exact) mass is 348 g/mol. The average molecular weight is 348 g/mol. The summed E-state index contributed by atoms with van der Waals surface area (Å²) in [5.41, 5.74) is 2.36. The van der Waals surface area contributed by atoms with E-state index in [0.717, 1.165) is 16.5 Å². The molecule has 0 amide bonds. The van der Waals surface area contributed by atoms with Crippen molar-refractivity contribution < 1.29 is 4.52 Å². The van der Waals surface area contributed by atoms with Crippen LogP contribution in [0.1, 0.15) is 30.2 Å². The number of hydrogen-bond acceptors (Lipinski definition) is 9. The van der Waals surface area contributed by atoms with Gasteiger partial charge in [0.05, 0.1) is 5.39 Å². The molecule has 9 nitrogen and oxygen atoms in total. The molecular formula is C17H16N8O. The lowest BCUT2D eigenvalue weighted by Crippen LogP contribution is -2.09. The van der Waals surface area contributed by atoms with Gasteiger partial charge < -0.3 is 9.84 Å². The maximum Gasteiger partial charge on any atom is 0.248 e. The summed E-state index contributed by atoms with van der Waals surface area (Å²) in [4.78, 5) is 25.9. The van der Waals surface area contributed by atoms with Gasteiger partial charge in [0.1, 0.15) is 18.2 Å². The summed E-state index contributed by atoms with van der Waals surface area (Å²) in [7, 11) is 0. The van der Waals surface area contributed by atoms with E-state index in [1.165, 1.54) is 6.33 Å². The summed E-state index contributed by atoms with van der Waals surface area (Å²) in [6, 6.07) is 1.70. The standard InChI is InChI=1S/C17H16N8O/c1-9-5-18-14(19-6-9)12-4-13-15(20-7-12)21-8-22-16(13)23-10(2)17-24-11(3)25-26-17/h4-8,10H,1-3H3,(H,20,21,22,23)/t10-/m1/s1. The van der Waals surface area contributed by atoms with E-state index in [4.69, 9.17) is 4.52 Å². The van der Waals surface area contributed by atoms with Crippen LogP contribution >= 0.6 is 0 Å². The van der Waals surface area contributed by atoms with E-state index in [1.807, 2.05) is 19.9 Å². The van der Waals surface area contributed by atoms with Gasteiger partial charge in [0.2, 0.25) is 5.89 Å². The SMILES string of the molecule is Cc1cnc(-c2cnc3ncnc(N[C@H](C)c4nc(C)no4)c3c2)nc1. The Bertz CT molecular complexity index is 1060. The van der Waals surface area contributed by atoms with Crippen molar-refractivity contribution in [2.75, 3.05) is 5.32 Å². The predicted octanol–water partition coefficient (Wildman–Crippen LogP) is 2.65. The van der Waals surface area contributed by atoms with E-state index in [2.05, 4.69) is 40.4 Å². The molecule has 0 fully saturated rings. The van der Waals surface area contributed by atoms with E-state index in [-0.39, 0.29) is 6.04 Å². The fourth-order valence-corrected chi connectivity index (χ4v) is 2.48. The number of aryl methyl sites for hydroxylation is 2. The zero-order valence-corrected chi connectivity index (χ0v) is 14.5. The van der Waals surface area contributed by atoms with Crippen molar-refractivity contribution in [2.24, 2.45) is 0 Å².